The summed E-state index contributed by atoms with van der Waals surface area (Å²) in [6, 6.07) is 31.2. The van der Waals surface area contributed by atoms with Crippen molar-refractivity contribution in [2.24, 2.45) is 17.3 Å². The van der Waals surface area contributed by atoms with Gasteiger partial charge in [0, 0.05) is 23.7 Å². The van der Waals surface area contributed by atoms with Crippen LogP contribution in [0.3, 0.4) is 0 Å². The van der Waals surface area contributed by atoms with E-state index < -0.39 is 0 Å². The maximum atomic E-state index is 4.78. The Kier molecular flexibility index (Phi) is 20.2. The van der Waals surface area contributed by atoms with Crippen molar-refractivity contribution in [1.29, 1.82) is 0 Å². The third kappa shape index (κ3) is 12.9. The number of hydrogen-bond donors (Lipinski definition) is 0. The molecule has 2 aliphatic rings. The fourth-order valence-electron chi connectivity index (χ4n) is 8.95. The lowest BCUT2D eigenvalue weighted by molar-refractivity contribution is 0.330. The van der Waals surface area contributed by atoms with E-state index in [1.54, 1.807) is 0 Å². The zero-order chi connectivity index (χ0) is 40.8. The first-order chi connectivity index (χ1) is 26.9. The van der Waals surface area contributed by atoms with Gasteiger partial charge in [0.2, 0.25) is 0 Å². The van der Waals surface area contributed by atoms with Crippen LogP contribution in [0.15, 0.2) is 191 Å². The first kappa shape index (κ1) is 49.5. The van der Waals surface area contributed by atoms with Gasteiger partial charge in [0.15, 0.2) is 0 Å². The molecule has 5 rings (SSSR count). The van der Waals surface area contributed by atoms with Crippen molar-refractivity contribution < 1.29 is 0 Å². The van der Waals surface area contributed by atoms with Gasteiger partial charge >= 0.3 is 0 Å². The molecule has 0 aliphatic heterocycles. The largest absolute Gasteiger partial charge is 0.0986 e. The summed E-state index contributed by atoms with van der Waals surface area (Å²) in [5, 5.41) is 0. The monoisotopic (exact) mass is 775 g/mol. The number of hydrogen-bond acceptors (Lipinski definition) is 0. The molecule has 6 unspecified atom stereocenters. The molecular formula is C58H78. The molecular weight excluding hydrogens is 697 g/mol. The number of benzene rings is 3. The van der Waals surface area contributed by atoms with E-state index in [1.807, 2.05) is 13.8 Å². The summed E-state index contributed by atoms with van der Waals surface area (Å²) in [4.78, 5) is 0. The van der Waals surface area contributed by atoms with Crippen molar-refractivity contribution in [1.82, 2.24) is 0 Å². The zero-order valence-corrected chi connectivity index (χ0v) is 36.6. The third-order valence-corrected chi connectivity index (χ3v) is 12.1. The standard InChI is InChI=1S/C54H64.C2H6.2CH4/c1-38-24-32-49(33-25-38)51-41(4)18-17-23-50(47-19-13-11-14-20-47)40(3)26-30-45(8)53(54(10)36-34-39(2)35-37-54)46(9)31-29-44(7)52(43(6)28-27-42(51)5)48-21-15-12-16-22-48;1-2;;/h11-22,24-28,30-36,41,50-53H,7,23,29,37H2,1-6,8-10H3;1-2H3;2*1H4/b18-17-,40-26+,42-27+,43-28+,45-30+,46-31+;;;. The number of aryl methyl sites for hydroxylation is 1. The van der Waals surface area contributed by atoms with Gasteiger partial charge < -0.3 is 0 Å². The highest BCUT2D eigenvalue weighted by atomic mass is 14.4. The highest BCUT2D eigenvalue weighted by molar-refractivity contribution is 5.42. The van der Waals surface area contributed by atoms with Gasteiger partial charge in [-0.25, -0.2) is 0 Å². The summed E-state index contributed by atoms with van der Waals surface area (Å²) in [5.74, 6) is 1.29. The second-order valence-electron chi connectivity index (χ2n) is 16.6. The topological polar surface area (TPSA) is 0 Å². The Morgan fingerprint density at radius 3 is 1.74 bits per heavy atom. The lowest BCUT2D eigenvalue weighted by Crippen LogP contribution is -2.28. The molecule has 2 aliphatic carbocycles. The molecule has 0 saturated heterocycles. The predicted octanol–water partition coefficient (Wildman–Crippen LogP) is 17.7. The van der Waals surface area contributed by atoms with Crippen LogP contribution in [-0.4, -0.2) is 0 Å². The van der Waals surface area contributed by atoms with E-state index in [1.165, 1.54) is 61.3 Å². The van der Waals surface area contributed by atoms with Crippen molar-refractivity contribution in [3.63, 3.8) is 0 Å². The van der Waals surface area contributed by atoms with Gasteiger partial charge in [0.05, 0.1) is 0 Å². The van der Waals surface area contributed by atoms with E-state index in [2.05, 4.69) is 208 Å². The molecule has 0 N–H and O–H groups in total. The van der Waals surface area contributed by atoms with E-state index in [0.29, 0.717) is 11.8 Å². The molecule has 0 aromatic heterocycles. The molecule has 0 heterocycles. The summed E-state index contributed by atoms with van der Waals surface area (Å²) in [6.07, 6.45) is 26.9. The lowest BCUT2D eigenvalue weighted by Gasteiger charge is -2.38. The summed E-state index contributed by atoms with van der Waals surface area (Å²) in [6.45, 7) is 29.6. The number of allylic oxidation sites excluding steroid dienone is 17. The Balaban J connectivity index is 0.00000286. The van der Waals surface area contributed by atoms with Crippen LogP contribution in [0.4, 0.5) is 0 Å². The summed E-state index contributed by atoms with van der Waals surface area (Å²) >= 11 is 0. The molecule has 310 valence electrons. The first-order valence-corrected chi connectivity index (χ1v) is 21.1. The highest BCUT2D eigenvalue weighted by Crippen LogP contribution is 2.45. The Morgan fingerprint density at radius 1 is 0.603 bits per heavy atom. The molecule has 58 heavy (non-hydrogen) atoms. The highest BCUT2D eigenvalue weighted by Gasteiger charge is 2.34. The average molecular weight is 775 g/mol. The summed E-state index contributed by atoms with van der Waals surface area (Å²) in [5.41, 5.74) is 14.8. The quantitative estimate of drug-likeness (QED) is 0.232. The minimum absolute atomic E-state index is 0. The van der Waals surface area contributed by atoms with Crippen LogP contribution in [0.25, 0.3) is 0 Å². The second-order valence-corrected chi connectivity index (χ2v) is 16.6. The Bertz CT molecular complexity index is 1980. The van der Waals surface area contributed by atoms with Gasteiger partial charge in [0.1, 0.15) is 0 Å². The summed E-state index contributed by atoms with van der Waals surface area (Å²) < 4.78 is 0. The predicted molar refractivity (Wildman–Crippen MR) is 262 cm³/mol. The van der Waals surface area contributed by atoms with Gasteiger partial charge in [-0.2, -0.15) is 0 Å². The van der Waals surface area contributed by atoms with Crippen LogP contribution < -0.4 is 0 Å². The molecule has 0 fully saturated rings. The van der Waals surface area contributed by atoms with Crippen LogP contribution in [0.5, 0.6) is 0 Å². The zero-order valence-electron chi connectivity index (χ0n) is 36.6. The molecule has 0 saturated carbocycles. The van der Waals surface area contributed by atoms with Crippen molar-refractivity contribution >= 4 is 0 Å². The van der Waals surface area contributed by atoms with Gasteiger partial charge in [-0.15, -0.1) is 0 Å². The average Bonchev–Trinajstić information content (AvgIpc) is 3.20. The molecule has 0 radical (unpaired) electrons. The Morgan fingerprint density at radius 2 is 1.16 bits per heavy atom. The maximum absolute atomic E-state index is 4.78. The van der Waals surface area contributed by atoms with Crippen molar-refractivity contribution in [2.45, 2.75) is 128 Å². The molecule has 0 nitrogen and oxygen atoms in total. The first-order valence-electron chi connectivity index (χ1n) is 21.1. The van der Waals surface area contributed by atoms with Gasteiger partial charge in [0.25, 0.3) is 0 Å². The van der Waals surface area contributed by atoms with Crippen LogP contribution in [-0.2, 0) is 0 Å². The normalized spacial score (nSPS) is 29.8. The van der Waals surface area contributed by atoms with E-state index in [0.717, 1.165) is 19.3 Å². The van der Waals surface area contributed by atoms with E-state index >= 15 is 0 Å². The minimum Gasteiger partial charge on any atom is -0.0986 e. The summed E-state index contributed by atoms with van der Waals surface area (Å²) in [7, 11) is 0. The molecule has 0 bridgehead atoms. The van der Waals surface area contributed by atoms with Crippen LogP contribution in [0.1, 0.15) is 143 Å². The molecule has 0 heteroatoms. The van der Waals surface area contributed by atoms with Gasteiger partial charge in [-0.3, -0.25) is 0 Å². The fraction of sp³-hybridized carbons (Fsp3) is 0.379. The molecule has 6 atom stereocenters. The van der Waals surface area contributed by atoms with Crippen LogP contribution in [0.2, 0.25) is 0 Å². The van der Waals surface area contributed by atoms with Crippen molar-refractivity contribution in [3.05, 3.63) is 214 Å². The Hall–Kier alpha value is -4.68. The fourth-order valence-corrected chi connectivity index (χ4v) is 8.95. The van der Waals surface area contributed by atoms with E-state index in [-0.39, 0.29) is 38.0 Å². The van der Waals surface area contributed by atoms with E-state index in [9.17, 15) is 0 Å². The number of rotatable bonds is 4. The lowest BCUT2D eigenvalue weighted by atomic mass is 9.66. The SMILES string of the molecule is C.C.C=C1C/C=C(\C)C(C2(C)C=CC(C)=CC2)/C(C)=C/C=C(\C)C(c2ccccc2)C/C=C\C(C)C(c2ccc(C)cc2)/C(C)=C/C=C(\C)C1c1ccccc1.CC. The molecule has 0 spiro atoms. The third-order valence-electron chi connectivity index (χ3n) is 12.1. The smallest absolute Gasteiger partial charge is 0.0258 e. The van der Waals surface area contributed by atoms with Crippen molar-refractivity contribution in [3.8, 4) is 0 Å². The van der Waals surface area contributed by atoms with E-state index in [4.69, 9.17) is 6.58 Å². The Labute approximate surface area is 357 Å². The van der Waals surface area contributed by atoms with Crippen LogP contribution in [0, 0.1) is 24.2 Å². The minimum atomic E-state index is -0.0105. The molecule has 3 aromatic carbocycles. The molecule has 0 amide bonds. The van der Waals surface area contributed by atoms with Crippen molar-refractivity contribution in [2.75, 3.05) is 0 Å². The van der Waals surface area contributed by atoms with Crippen LogP contribution >= 0.6 is 0 Å². The molecule has 3 aromatic rings. The van der Waals surface area contributed by atoms with Gasteiger partial charge in [-0.1, -0.05) is 239 Å². The second kappa shape index (κ2) is 23.7. The van der Waals surface area contributed by atoms with Gasteiger partial charge in [-0.05, 0) is 95.8 Å². The maximum Gasteiger partial charge on any atom is 0.0258 e.